The second kappa shape index (κ2) is 13.6. The van der Waals surface area contributed by atoms with E-state index in [9.17, 15) is 5.53 Å². The lowest BCUT2D eigenvalue weighted by molar-refractivity contribution is -0.235. The molecule has 1 saturated heterocycles. The Labute approximate surface area is 211 Å². The van der Waals surface area contributed by atoms with Gasteiger partial charge in [0, 0.05) is 10.8 Å². The highest BCUT2D eigenvalue weighted by atomic mass is 16.6. The highest BCUT2D eigenvalue weighted by molar-refractivity contribution is 5.15. The van der Waals surface area contributed by atoms with Crippen molar-refractivity contribution in [1.29, 1.82) is 0 Å². The van der Waals surface area contributed by atoms with Crippen LogP contribution < -0.4 is 0 Å². The molecule has 0 aliphatic carbocycles. The smallest absolute Gasteiger partial charge is 0.145 e. The van der Waals surface area contributed by atoms with Crippen molar-refractivity contribution in [2.24, 2.45) is 11.0 Å². The molecule has 0 bridgehead atoms. The molecule has 36 heavy (non-hydrogen) atoms. The SMILES string of the molecule is C=C[C@H]1C(N=[N+]=[N-])O[C@H](COCc2ccccc2)[C@@H](OCc2ccccc2)[C@@H]1OCc1ccccc1. The van der Waals surface area contributed by atoms with Gasteiger partial charge in [-0.25, -0.2) is 0 Å². The Bertz CT molecular complexity index is 1110. The van der Waals surface area contributed by atoms with E-state index in [0.717, 1.165) is 16.7 Å². The molecule has 0 N–H and O–H groups in total. The van der Waals surface area contributed by atoms with Crippen LogP contribution in [0, 0.1) is 5.92 Å². The van der Waals surface area contributed by atoms with Crippen LogP contribution in [-0.2, 0) is 38.8 Å². The second-order valence-corrected chi connectivity index (χ2v) is 8.61. The lowest BCUT2D eigenvalue weighted by Crippen LogP contribution is -2.56. The molecule has 5 atom stereocenters. The largest absolute Gasteiger partial charge is 0.374 e. The van der Waals surface area contributed by atoms with Gasteiger partial charge >= 0.3 is 0 Å². The van der Waals surface area contributed by atoms with Crippen LogP contribution in [0.1, 0.15) is 16.7 Å². The summed E-state index contributed by atoms with van der Waals surface area (Å²) in [6.45, 7) is 5.41. The molecule has 0 amide bonds. The van der Waals surface area contributed by atoms with E-state index >= 15 is 0 Å². The fourth-order valence-electron chi connectivity index (χ4n) is 4.29. The summed E-state index contributed by atoms with van der Waals surface area (Å²) in [4.78, 5) is 3.01. The topological polar surface area (TPSA) is 85.7 Å². The van der Waals surface area contributed by atoms with Crippen LogP contribution in [0.15, 0.2) is 109 Å². The van der Waals surface area contributed by atoms with Gasteiger partial charge in [-0.1, -0.05) is 102 Å². The fraction of sp³-hybridized carbons (Fsp3) is 0.310. The maximum Gasteiger partial charge on any atom is 0.145 e. The third-order valence-corrected chi connectivity index (χ3v) is 6.11. The predicted octanol–water partition coefficient (Wildman–Crippen LogP) is 6.21. The van der Waals surface area contributed by atoms with Gasteiger partial charge in [0.25, 0.3) is 0 Å². The van der Waals surface area contributed by atoms with Crippen LogP contribution in [-0.4, -0.2) is 31.1 Å². The third-order valence-electron chi connectivity index (χ3n) is 6.11. The van der Waals surface area contributed by atoms with Crippen LogP contribution >= 0.6 is 0 Å². The molecule has 0 radical (unpaired) electrons. The molecule has 186 valence electrons. The average molecular weight is 486 g/mol. The molecular weight excluding hydrogens is 454 g/mol. The van der Waals surface area contributed by atoms with Gasteiger partial charge in [-0.2, -0.15) is 0 Å². The van der Waals surface area contributed by atoms with Gasteiger partial charge in [-0.05, 0) is 22.2 Å². The van der Waals surface area contributed by atoms with Gasteiger partial charge in [0.1, 0.15) is 18.4 Å². The van der Waals surface area contributed by atoms with Crippen molar-refractivity contribution in [2.75, 3.05) is 6.61 Å². The van der Waals surface area contributed by atoms with Crippen LogP contribution in [0.4, 0.5) is 0 Å². The number of hydrogen-bond acceptors (Lipinski definition) is 5. The van der Waals surface area contributed by atoms with Crippen molar-refractivity contribution in [2.45, 2.75) is 44.4 Å². The Kier molecular flexibility index (Phi) is 9.68. The van der Waals surface area contributed by atoms with E-state index in [0.29, 0.717) is 19.8 Å². The molecule has 1 heterocycles. The highest BCUT2D eigenvalue weighted by Crippen LogP contribution is 2.33. The molecule has 0 saturated carbocycles. The normalized spacial score (nSPS) is 23.5. The zero-order chi connectivity index (χ0) is 25.0. The molecule has 3 aromatic carbocycles. The summed E-state index contributed by atoms with van der Waals surface area (Å²) in [5.41, 5.74) is 12.3. The van der Waals surface area contributed by atoms with Crippen LogP contribution in [0.2, 0.25) is 0 Å². The summed E-state index contributed by atoms with van der Waals surface area (Å²) in [6.07, 6.45) is -0.506. The molecule has 0 spiro atoms. The molecule has 1 fully saturated rings. The number of hydrogen-bond donors (Lipinski definition) is 0. The van der Waals surface area contributed by atoms with Crippen molar-refractivity contribution in [3.8, 4) is 0 Å². The van der Waals surface area contributed by atoms with Crippen molar-refractivity contribution in [3.63, 3.8) is 0 Å². The third kappa shape index (κ3) is 7.04. The predicted molar refractivity (Wildman–Crippen MR) is 138 cm³/mol. The first kappa shape index (κ1) is 25.6. The van der Waals surface area contributed by atoms with E-state index in [1.165, 1.54) is 0 Å². The monoisotopic (exact) mass is 485 g/mol. The van der Waals surface area contributed by atoms with E-state index in [4.69, 9.17) is 18.9 Å². The minimum atomic E-state index is -0.782. The van der Waals surface area contributed by atoms with Gasteiger partial charge in [-0.15, -0.1) is 6.58 Å². The van der Waals surface area contributed by atoms with Crippen LogP contribution in [0.3, 0.4) is 0 Å². The van der Waals surface area contributed by atoms with E-state index in [-0.39, 0.29) is 6.61 Å². The first-order valence-corrected chi connectivity index (χ1v) is 12.0. The Morgan fingerprint density at radius 3 is 1.78 bits per heavy atom. The van der Waals surface area contributed by atoms with E-state index in [1.807, 2.05) is 91.0 Å². The van der Waals surface area contributed by atoms with E-state index in [2.05, 4.69) is 16.6 Å². The van der Waals surface area contributed by atoms with Gasteiger partial charge in [0.05, 0.1) is 32.5 Å². The summed E-state index contributed by atoms with van der Waals surface area (Å²) in [7, 11) is 0. The van der Waals surface area contributed by atoms with Crippen LogP contribution in [0.25, 0.3) is 10.4 Å². The number of benzene rings is 3. The molecule has 7 nitrogen and oxygen atoms in total. The van der Waals surface area contributed by atoms with Gasteiger partial charge in [0.15, 0.2) is 0 Å². The lowest BCUT2D eigenvalue weighted by atomic mass is 9.89. The first-order chi connectivity index (χ1) is 17.8. The standard InChI is InChI=1S/C29H31N3O4/c1-2-25-27(34-19-23-14-8-4-9-15-23)28(35-20-24-16-10-5-11-17-24)26(36-29(25)31-32-30)21-33-18-22-12-6-3-7-13-22/h2-17,25-29H,1,18-21H2/t25-,26-,27-,28-,29?/m1/s1. The number of ether oxygens (including phenoxy) is 4. The van der Waals surface area contributed by atoms with Crippen molar-refractivity contribution >= 4 is 0 Å². The summed E-state index contributed by atoms with van der Waals surface area (Å²) in [5, 5.41) is 3.91. The minimum Gasteiger partial charge on any atom is -0.374 e. The number of azide groups is 1. The Hall–Kier alpha value is -3.45. The Morgan fingerprint density at radius 2 is 1.28 bits per heavy atom. The van der Waals surface area contributed by atoms with Crippen molar-refractivity contribution in [3.05, 3.63) is 131 Å². The number of rotatable bonds is 12. The molecule has 7 heteroatoms. The van der Waals surface area contributed by atoms with Crippen LogP contribution in [0.5, 0.6) is 0 Å². The van der Waals surface area contributed by atoms with Gasteiger partial charge < -0.3 is 18.9 Å². The molecule has 1 aliphatic heterocycles. The number of nitrogens with zero attached hydrogens (tertiary/aromatic N) is 3. The maximum atomic E-state index is 9.20. The fourth-order valence-corrected chi connectivity index (χ4v) is 4.29. The molecule has 0 aromatic heterocycles. The molecule has 4 rings (SSSR count). The van der Waals surface area contributed by atoms with Gasteiger partial charge in [0.2, 0.25) is 0 Å². The Morgan fingerprint density at radius 1 is 0.778 bits per heavy atom. The van der Waals surface area contributed by atoms with E-state index in [1.54, 1.807) is 6.08 Å². The average Bonchev–Trinajstić information content (AvgIpc) is 2.93. The lowest BCUT2D eigenvalue weighted by Gasteiger charge is -2.44. The zero-order valence-corrected chi connectivity index (χ0v) is 20.1. The molecule has 1 aliphatic rings. The van der Waals surface area contributed by atoms with Gasteiger partial charge in [-0.3, -0.25) is 0 Å². The van der Waals surface area contributed by atoms with Crippen molar-refractivity contribution in [1.82, 2.24) is 0 Å². The maximum absolute atomic E-state index is 9.20. The molecule has 1 unspecified atom stereocenters. The summed E-state index contributed by atoms with van der Waals surface area (Å²) < 4.78 is 25.1. The molecule has 3 aromatic rings. The molecular formula is C29H31N3O4. The highest BCUT2D eigenvalue weighted by Gasteiger charge is 2.46. The van der Waals surface area contributed by atoms with Crippen molar-refractivity contribution < 1.29 is 18.9 Å². The summed E-state index contributed by atoms with van der Waals surface area (Å²) in [5.74, 6) is -0.393. The van der Waals surface area contributed by atoms with E-state index < -0.39 is 30.5 Å². The second-order valence-electron chi connectivity index (χ2n) is 8.61. The zero-order valence-electron chi connectivity index (χ0n) is 20.1. The Balaban J connectivity index is 1.55. The quantitative estimate of drug-likeness (QED) is 0.132. The first-order valence-electron chi connectivity index (χ1n) is 12.0. The minimum absolute atomic E-state index is 0.251. The summed E-state index contributed by atoms with van der Waals surface area (Å²) >= 11 is 0. The summed E-state index contributed by atoms with van der Waals surface area (Å²) in [6, 6.07) is 29.8.